The van der Waals surface area contributed by atoms with Gasteiger partial charge < -0.3 is 18.9 Å². The highest BCUT2D eigenvalue weighted by molar-refractivity contribution is 5.60. The van der Waals surface area contributed by atoms with Crippen LogP contribution in [0.3, 0.4) is 0 Å². The lowest BCUT2D eigenvalue weighted by atomic mass is 9.92. The fraction of sp³-hybridized carbons (Fsp3) is 0.909. The van der Waals surface area contributed by atoms with E-state index in [9.17, 15) is 4.79 Å². The third-order valence-corrected chi connectivity index (χ3v) is 3.03. The topological polar surface area (TPSA) is 54.0 Å². The minimum Gasteiger partial charge on any atom is -0.435 e. The van der Waals surface area contributed by atoms with Gasteiger partial charge in [0.1, 0.15) is 6.10 Å². The molecule has 2 rings (SSSR count). The Balaban J connectivity index is 1.74. The van der Waals surface area contributed by atoms with Crippen molar-refractivity contribution in [1.82, 2.24) is 0 Å². The zero-order valence-electron chi connectivity index (χ0n) is 9.57. The number of rotatable bonds is 2. The average molecular weight is 230 g/mol. The molecule has 1 spiro atoms. The number of carbonyl (C=O) groups excluding carboxylic acids is 1. The van der Waals surface area contributed by atoms with Crippen molar-refractivity contribution in [3.05, 3.63) is 0 Å². The maximum Gasteiger partial charge on any atom is 0.508 e. The second kappa shape index (κ2) is 5.01. The first-order chi connectivity index (χ1) is 7.74. The Bertz CT molecular complexity index is 237. The van der Waals surface area contributed by atoms with Crippen molar-refractivity contribution in [2.45, 2.75) is 44.5 Å². The monoisotopic (exact) mass is 230 g/mol. The Morgan fingerprint density at radius 3 is 2.50 bits per heavy atom. The predicted octanol–water partition coefficient (Wildman–Crippen LogP) is 1.85. The quantitative estimate of drug-likeness (QED) is 0.677. The molecule has 1 saturated carbocycles. The summed E-state index contributed by atoms with van der Waals surface area (Å²) in [5.74, 6) is -0.394. The van der Waals surface area contributed by atoms with Gasteiger partial charge >= 0.3 is 6.16 Å². The maximum atomic E-state index is 11.1. The summed E-state index contributed by atoms with van der Waals surface area (Å²) in [7, 11) is 0. The van der Waals surface area contributed by atoms with Crippen LogP contribution in [0.25, 0.3) is 0 Å². The molecule has 0 N–H and O–H groups in total. The van der Waals surface area contributed by atoms with E-state index < -0.39 is 11.9 Å². The molecule has 16 heavy (non-hydrogen) atoms. The summed E-state index contributed by atoms with van der Waals surface area (Å²) < 4.78 is 21.1. The van der Waals surface area contributed by atoms with E-state index in [-0.39, 0.29) is 6.10 Å². The smallest absolute Gasteiger partial charge is 0.435 e. The molecule has 5 heteroatoms. The van der Waals surface area contributed by atoms with Crippen LogP contribution in [0.4, 0.5) is 4.79 Å². The Morgan fingerprint density at radius 1 is 1.31 bits per heavy atom. The largest absolute Gasteiger partial charge is 0.508 e. The molecule has 0 amide bonds. The lowest BCUT2D eigenvalue weighted by molar-refractivity contribution is -0.189. The van der Waals surface area contributed by atoms with Crippen LogP contribution in [0.1, 0.15) is 32.6 Å². The van der Waals surface area contributed by atoms with Gasteiger partial charge in [0.15, 0.2) is 5.79 Å². The highest BCUT2D eigenvalue weighted by Gasteiger charge is 2.41. The summed E-state index contributed by atoms with van der Waals surface area (Å²) in [5.41, 5.74) is 0. The van der Waals surface area contributed by atoms with Crippen LogP contribution in [-0.4, -0.2) is 37.9 Å². The minimum absolute atomic E-state index is 0.0579. The summed E-state index contributed by atoms with van der Waals surface area (Å²) in [6.45, 7) is 3.45. The van der Waals surface area contributed by atoms with Gasteiger partial charge in [-0.2, -0.15) is 0 Å². The maximum absolute atomic E-state index is 11.1. The second-order valence-electron chi connectivity index (χ2n) is 4.11. The van der Waals surface area contributed by atoms with Gasteiger partial charge in [0.05, 0.1) is 19.8 Å². The molecule has 92 valence electrons. The highest BCUT2D eigenvalue weighted by atomic mass is 16.7. The van der Waals surface area contributed by atoms with Crippen LogP contribution in [0.15, 0.2) is 0 Å². The van der Waals surface area contributed by atoms with Crippen LogP contribution >= 0.6 is 0 Å². The van der Waals surface area contributed by atoms with E-state index in [0.717, 1.165) is 25.7 Å². The molecule has 1 aliphatic carbocycles. The van der Waals surface area contributed by atoms with E-state index in [4.69, 9.17) is 18.9 Å². The molecule has 0 unspecified atom stereocenters. The Kier molecular flexibility index (Phi) is 3.66. The van der Waals surface area contributed by atoms with Crippen molar-refractivity contribution < 1.29 is 23.7 Å². The van der Waals surface area contributed by atoms with Gasteiger partial charge in [-0.1, -0.05) is 0 Å². The van der Waals surface area contributed by atoms with Gasteiger partial charge in [-0.3, -0.25) is 0 Å². The van der Waals surface area contributed by atoms with E-state index in [1.807, 2.05) is 0 Å². The first kappa shape index (κ1) is 11.7. The van der Waals surface area contributed by atoms with E-state index in [1.54, 1.807) is 6.92 Å². The first-order valence-corrected chi connectivity index (χ1v) is 5.85. The van der Waals surface area contributed by atoms with E-state index in [0.29, 0.717) is 19.8 Å². The van der Waals surface area contributed by atoms with Crippen molar-refractivity contribution in [3.63, 3.8) is 0 Å². The Morgan fingerprint density at radius 2 is 1.94 bits per heavy atom. The molecule has 1 heterocycles. The van der Waals surface area contributed by atoms with Crippen LogP contribution in [0.5, 0.6) is 0 Å². The summed E-state index contributed by atoms with van der Waals surface area (Å²) in [5, 5.41) is 0. The standard InChI is InChI=1S/C11H18O5/c1-2-13-10(12)16-9-3-5-11(6-4-9)14-7-8-15-11/h9H,2-8H2,1H3. The van der Waals surface area contributed by atoms with Gasteiger partial charge in [0.25, 0.3) is 0 Å². The van der Waals surface area contributed by atoms with Gasteiger partial charge in [-0.15, -0.1) is 0 Å². The summed E-state index contributed by atoms with van der Waals surface area (Å²) in [6, 6.07) is 0. The van der Waals surface area contributed by atoms with Gasteiger partial charge in [-0.05, 0) is 19.8 Å². The highest BCUT2D eigenvalue weighted by Crippen LogP contribution is 2.36. The SMILES string of the molecule is CCOC(=O)OC1CCC2(CC1)OCCO2. The molecule has 0 aromatic carbocycles. The normalized spacial score (nSPS) is 24.6. The zero-order chi connectivity index (χ0) is 11.4. The van der Waals surface area contributed by atoms with Gasteiger partial charge in [0, 0.05) is 12.8 Å². The van der Waals surface area contributed by atoms with Crippen LogP contribution in [0.2, 0.25) is 0 Å². The molecule has 2 aliphatic rings. The first-order valence-electron chi connectivity index (χ1n) is 5.85. The number of hydrogen-bond donors (Lipinski definition) is 0. The Hall–Kier alpha value is -0.810. The zero-order valence-corrected chi connectivity index (χ0v) is 9.57. The number of hydrogen-bond acceptors (Lipinski definition) is 5. The van der Waals surface area contributed by atoms with Crippen molar-refractivity contribution in [2.24, 2.45) is 0 Å². The third-order valence-electron chi connectivity index (χ3n) is 3.03. The molecule has 0 aromatic rings. The molecule has 1 aliphatic heterocycles. The fourth-order valence-corrected chi connectivity index (χ4v) is 2.22. The van der Waals surface area contributed by atoms with Crippen molar-refractivity contribution in [3.8, 4) is 0 Å². The molecule has 1 saturated heterocycles. The lowest BCUT2D eigenvalue weighted by Crippen LogP contribution is -2.38. The predicted molar refractivity (Wildman–Crippen MR) is 55.0 cm³/mol. The van der Waals surface area contributed by atoms with Crippen molar-refractivity contribution >= 4 is 6.16 Å². The van der Waals surface area contributed by atoms with E-state index in [2.05, 4.69) is 0 Å². The molecular weight excluding hydrogens is 212 g/mol. The molecule has 2 fully saturated rings. The number of carbonyl (C=O) groups is 1. The molecule has 5 nitrogen and oxygen atoms in total. The summed E-state index contributed by atoms with van der Waals surface area (Å²) >= 11 is 0. The summed E-state index contributed by atoms with van der Waals surface area (Å²) in [6.07, 6.45) is 2.50. The average Bonchev–Trinajstić information content (AvgIpc) is 2.71. The Labute approximate surface area is 95.0 Å². The van der Waals surface area contributed by atoms with Crippen molar-refractivity contribution in [1.29, 1.82) is 0 Å². The van der Waals surface area contributed by atoms with Gasteiger partial charge in [0.2, 0.25) is 0 Å². The van der Waals surface area contributed by atoms with E-state index >= 15 is 0 Å². The molecule has 0 radical (unpaired) electrons. The van der Waals surface area contributed by atoms with Crippen LogP contribution in [0, 0.1) is 0 Å². The third kappa shape index (κ3) is 2.65. The molecule has 0 bridgehead atoms. The van der Waals surface area contributed by atoms with Crippen LogP contribution < -0.4 is 0 Å². The van der Waals surface area contributed by atoms with Crippen molar-refractivity contribution in [2.75, 3.05) is 19.8 Å². The molecule has 0 atom stereocenters. The molecular formula is C11H18O5. The van der Waals surface area contributed by atoms with Gasteiger partial charge in [-0.25, -0.2) is 4.79 Å². The second-order valence-corrected chi connectivity index (χ2v) is 4.11. The fourth-order valence-electron chi connectivity index (χ4n) is 2.22. The lowest BCUT2D eigenvalue weighted by Gasteiger charge is -2.34. The van der Waals surface area contributed by atoms with Crippen LogP contribution in [-0.2, 0) is 18.9 Å². The number of ether oxygens (including phenoxy) is 4. The molecule has 0 aromatic heterocycles. The van der Waals surface area contributed by atoms with E-state index in [1.165, 1.54) is 0 Å². The minimum atomic E-state index is -0.572. The summed E-state index contributed by atoms with van der Waals surface area (Å²) in [4.78, 5) is 11.1.